The first-order chi connectivity index (χ1) is 8.24. The van der Waals surface area contributed by atoms with Crippen LogP contribution in [0.25, 0.3) is 0 Å². The molecule has 1 aromatic rings. The molecule has 2 rings (SSSR count). The first-order valence-corrected chi connectivity index (χ1v) is 6.13. The molecule has 1 aromatic carbocycles. The maximum atomic E-state index is 5.69. The molecule has 4 heteroatoms. The lowest BCUT2D eigenvalue weighted by Gasteiger charge is -2.32. The van der Waals surface area contributed by atoms with Gasteiger partial charge in [0.05, 0.1) is 0 Å². The topological polar surface area (TPSA) is 41.7 Å². The standard InChI is InChI=1S/C13H21N3O/c1-15-5-7-16(8-6-15)9-10-17-13-4-2-3-12(14)11-13/h2-4,11H,5-10,14H2,1H3. The van der Waals surface area contributed by atoms with Crippen molar-refractivity contribution in [3.8, 4) is 5.75 Å². The number of anilines is 1. The number of likely N-dealkylation sites (N-methyl/N-ethyl adjacent to an activating group) is 1. The van der Waals surface area contributed by atoms with Crippen molar-refractivity contribution < 1.29 is 4.74 Å². The van der Waals surface area contributed by atoms with Crippen LogP contribution in [0.1, 0.15) is 0 Å². The van der Waals surface area contributed by atoms with E-state index in [9.17, 15) is 0 Å². The molecule has 0 spiro atoms. The molecule has 0 saturated carbocycles. The number of benzene rings is 1. The number of nitrogen functional groups attached to an aromatic ring is 1. The van der Waals surface area contributed by atoms with Crippen LogP contribution in [0.3, 0.4) is 0 Å². The summed E-state index contributed by atoms with van der Waals surface area (Å²) in [6.07, 6.45) is 0. The van der Waals surface area contributed by atoms with E-state index < -0.39 is 0 Å². The fraction of sp³-hybridized carbons (Fsp3) is 0.538. The van der Waals surface area contributed by atoms with E-state index in [1.807, 2.05) is 24.3 Å². The highest BCUT2D eigenvalue weighted by Crippen LogP contribution is 2.14. The molecule has 1 aliphatic rings. The Kier molecular flexibility index (Phi) is 4.23. The largest absolute Gasteiger partial charge is 0.492 e. The van der Waals surface area contributed by atoms with E-state index in [0.717, 1.165) is 50.8 Å². The lowest BCUT2D eigenvalue weighted by atomic mass is 10.3. The molecule has 1 saturated heterocycles. The van der Waals surface area contributed by atoms with Crippen LogP contribution in [0.5, 0.6) is 5.75 Å². The van der Waals surface area contributed by atoms with Gasteiger partial charge < -0.3 is 15.4 Å². The third kappa shape index (κ3) is 3.91. The Morgan fingerprint density at radius 1 is 1.24 bits per heavy atom. The van der Waals surface area contributed by atoms with E-state index in [1.54, 1.807) is 0 Å². The minimum atomic E-state index is 0.729. The van der Waals surface area contributed by atoms with Crippen LogP contribution in [-0.4, -0.2) is 56.2 Å². The van der Waals surface area contributed by atoms with Gasteiger partial charge in [0.25, 0.3) is 0 Å². The summed E-state index contributed by atoms with van der Waals surface area (Å²) in [7, 11) is 2.17. The monoisotopic (exact) mass is 235 g/mol. The van der Waals surface area contributed by atoms with Crippen LogP contribution in [0.4, 0.5) is 5.69 Å². The smallest absolute Gasteiger partial charge is 0.121 e. The van der Waals surface area contributed by atoms with Gasteiger partial charge >= 0.3 is 0 Å². The quantitative estimate of drug-likeness (QED) is 0.787. The Hall–Kier alpha value is -1.26. The first kappa shape index (κ1) is 12.2. The van der Waals surface area contributed by atoms with Crippen LogP contribution < -0.4 is 10.5 Å². The average Bonchev–Trinajstić information content (AvgIpc) is 2.32. The Labute approximate surface area is 103 Å². The molecule has 0 aromatic heterocycles. The van der Waals surface area contributed by atoms with Gasteiger partial charge in [-0.2, -0.15) is 0 Å². The van der Waals surface area contributed by atoms with E-state index in [2.05, 4.69) is 16.8 Å². The molecule has 0 amide bonds. The second-order valence-electron chi connectivity index (χ2n) is 4.57. The van der Waals surface area contributed by atoms with E-state index in [-0.39, 0.29) is 0 Å². The molecule has 1 aliphatic heterocycles. The molecular formula is C13H21N3O. The Bertz CT molecular complexity index is 348. The first-order valence-electron chi connectivity index (χ1n) is 6.13. The Balaban J connectivity index is 1.69. The summed E-state index contributed by atoms with van der Waals surface area (Å²) in [6, 6.07) is 7.60. The SMILES string of the molecule is CN1CCN(CCOc2cccc(N)c2)CC1. The molecular weight excluding hydrogens is 214 g/mol. The number of ether oxygens (including phenoxy) is 1. The average molecular weight is 235 g/mol. The van der Waals surface area contributed by atoms with Gasteiger partial charge in [-0.05, 0) is 19.2 Å². The van der Waals surface area contributed by atoms with Crippen molar-refractivity contribution in [2.24, 2.45) is 0 Å². The predicted octanol–water partition coefficient (Wildman–Crippen LogP) is 0.895. The van der Waals surface area contributed by atoms with Crippen molar-refractivity contribution in [3.63, 3.8) is 0 Å². The van der Waals surface area contributed by atoms with Gasteiger partial charge in [-0.3, -0.25) is 4.90 Å². The van der Waals surface area contributed by atoms with Crippen molar-refractivity contribution in [1.82, 2.24) is 9.80 Å². The molecule has 94 valence electrons. The highest BCUT2D eigenvalue weighted by Gasteiger charge is 2.12. The van der Waals surface area contributed by atoms with E-state index in [0.29, 0.717) is 0 Å². The third-order valence-corrected chi connectivity index (χ3v) is 3.13. The zero-order valence-corrected chi connectivity index (χ0v) is 10.4. The molecule has 0 bridgehead atoms. The van der Waals surface area contributed by atoms with Crippen LogP contribution >= 0.6 is 0 Å². The van der Waals surface area contributed by atoms with Crippen molar-refractivity contribution in [1.29, 1.82) is 0 Å². The third-order valence-electron chi connectivity index (χ3n) is 3.13. The second kappa shape index (κ2) is 5.89. The lowest BCUT2D eigenvalue weighted by molar-refractivity contribution is 0.134. The highest BCUT2D eigenvalue weighted by molar-refractivity contribution is 5.43. The van der Waals surface area contributed by atoms with Gasteiger partial charge in [-0.25, -0.2) is 0 Å². The Morgan fingerprint density at radius 2 is 2.00 bits per heavy atom. The van der Waals surface area contributed by atoms with Gasteiger partial charge in [0.1, 0.15) is 12.4 Å². The molecule has 17 heavy (non-hydrogen) atoms. The lowest BCUT2D eigenvalue weighted by Crippen LogP contribution is -2.45. The number of nitrogens with zero attached hydrogens (tertiary/aromatic N) is 2. The minimum absolute atomic E-state index is 0.729. The van der Waals surface area contributed by atoms with Crippen molar-refractivity contribution in [2.45, 2.75) is 0 Å². The molecule has 4 nitrogen and oxygen atoms in total. The fourth-order valence-corrected chi connectivity index (χ4v) is 1.97. The number of rotatable bonds is 4. The number of hydrogen-bond donors (Lipinski definition) is 1. The Morgan fingerprint density at radius 3 is 2.71 bits per heavy atom. The van der Waals surface area contributed by atoms with E-state index >= 15 is 0 Å². The van der Waals surface area contributed by atoms with Gasteiger partial charge in [-0.1, -0.05) is 6.07 Å². The number of nitrogens with two attached hydrogens (primary N) is 1. The summed E-state index contributed by atoms with van der Waals surface area (Å²) in [4.78, 5) is 4.79. The fourth-order valence-electron chi connectivity index (χ4n) is 1.97. The number of hydrogen-bond acceptors (Lipinski definition) is 4. The predicted molar refractivity (Wildman–Crippen MR) is 70.3 cm³/mol. The van der Waals surface area contributed by atoms with Crippen LogP contribution in [0.15, 0.2) is 24.3 Å². The van der Waals surface area contributed by atoms with E-state index in [4.69, 9.17) is 10.5 Å². The molecule has 0 atom stereocenters. The van der Waals surface area contributed by atoms with Gasteiger partial charge in [0, 0.05) is 44.5 Å². The van der Waals surface area contributed by atoms with Crippen molar-refractivity contribution in [2.75, 3.05) is 52.1 Å². The minimum Gasteiger partial charge on any atom is -0.492 e. The zero-order chi connectivity index (χ0) is 12.1. The molecule has 0 radical (unpaired) electrons. The van der Waals surface area contributed by atoms with E-state index in [1.165, 1.54) is 0 Å². The number of piperazine rings is 1. The summed E-state index contributed by atoms with van der Waals surface area (Å²) in [5, 5.41) is 0. The molecule has 1 fully saturated rings. The molecule has 1 heterocycles. The summed E-state index contributed by atoms with van der Waals surface area (Å²) in [5.74, 6) is 0.860. The summed E-state index contributed by atoms with van der Waals surface area (Å²) >= 11 is 0. The van der Waals surface area contributed by atoms with Crippen LogP contribution in [0.2, 0.25) is 0 Å². The zero-order valence-electron chi connectivity index (χ0n) is 10.4. The van der Waals surface area contributed by atoms with Crippen LogP contribution in [0, 0.1) is 0 Å². The molecule has 0 unspecified atom stereocenters. The highest BCUT2D eigenvalue weighted by atomic mass is 16.5. The van der Waals surface area contributed by atoms with Gasteiger partial charge in [0.15, 0.2) is 0 Å². The second-order valence-corrected chi connectivity index (χ2v) is 4.57. The van der Waals surface area contributed by atoms with Gasteiger partial charge in [-0.15, -0.1) is 0 Å². The molecule has 0 aliphatic carbocycles. The normalized spacial score (nSPS) is 18.2. The van der Waals surface area contributed by atoms with Crippen LogP contribution in [-0.2, 0) is 0 Å². The van der Waals surface area contributed by atoms with Crippen molar-refractivity contribution in [3.05, 3.63) is 24.3 Å². The maximum absolute atomic E-state index is 5.69. The van der Waals surface area contributed by atoms with Crippen molar-refractivity contribution >= 4 is 5.69 Å². The summed E-state index contributed by atoms with van der Waals surface area (Å²) < 4.78 is 5.68. The summed E-state index contributed by atoms with van der Waals surface area (Å²) in [5.41, 5.74) is 6.44. The maximum Gasteiger partial charge on any atom is 0.121 e. The molecule has 2 N–H and O–H groups in total. The summed E-state index contributed by atoms with van der Waals surface area (Å²) in [6.45, 7) is 6.29. The van der Waals surface area contributed by atoms with Gasteiger partial charge in [0.2, 0.25) is 0 Å².